The van der Waals surface area contributed by atoms with Gasteiger partial charge in [0.05, 0.1) is 24.2 Å². The molecule has 2 atom stereocenters. The molecular formula is C18H15ClFNO3. The summed E-state index contributed by atoms with van der Waals surface area (Å²) < 4.78 is 18.5. The molecule has 1 heterocycles. The van der Waals surface area contributed by atoms with Crippen LogP contribution in [0.2, 0.25) is 5.02 Å². The molecule has 3 rings (SSSR count). The van der Waals surface area contributed by atoms with Gasteiger partial charge in [-0.3, -0.25) is 4.79 Å². The first kappa shape index (κ1) is 16.5. The topological polar surface area (TPSA) is 55.4 Å². The van der Waals surface area contributed by atoms with Gasteiger partial charge in [-0.15, -0.1) is 0 Å². The summed E-state index contributed by atoms with van der Waals surface area (Å²) in [5.74, 6) is -2.24. The van der Waals surface area contributed by atoms with Crippen molar-refractivity contribution in [3.63, 3.8) is 0 Å². The molecule has 0 amide bonds. The number of carbonyl (C=O) groups excluding carboxylic acids is 2. The standard InChI is InChI=1S/C18H15ClFNO3/c1-9-15(11-5-3-4-6-13(11)19)17(22)16-12(18(23)24-2)7-10(20)8-14(16)21-9/h3-9,15,21H,1-2H3. The molecule has 4 nitrogen and oxygen atoms in total. The van der Waals surface area contributed by atoms with Crippen molar-refractivity contribution in [2.24, 2.45) is 0 Å². The molecule has 2 aromatic carbocycles. The molecule has 6 heteroatoms. The van der Waals surface area contributed by atoms with Crippen molar-refractivity contribution in [1.29, 1.82) is 0 Å². The third-order valence-electron chi connectivity index (χ3n) is 4.16. The Morgan fingerprint density at radius 2 is 2.00 bits per heavy atom. The highest BCUT2D eigenvalue weighted by atomic mass is 35.5. The first-order chi connectivity index (χ1) is 11.4. The van der Waals surface area contributed by atoms with E-state index in [2.05, 4.69) is 10.1 Å². The van der Waals surface area contributed by atoms with Crippen LogP contribution in [0.3, 0.4) is 0 Å². The maximum Gasteiger partial charge on any atom is 0.338 e. The van der Waals surface area contributed by atoms with Gasteiger partial charge in [-0.2, -0.15) is 0 Å². The van der Waals surface area contributed by atoms with Crippen LogP contribution in [0.5, 0.6) is 0 Å². The number of ketones is 1. The molecule has 2 aromatic rings. The molecule has 1 aliphatic rings. The summed E-state index contributed by atoms with van der Waals surface area (Å²) in [6, 6.07) is 8.97. The van der Waals surface area contributed by atoms with E-state index in [1.54, 1.807) is 24.3 Å². The number of carbonyl (C=O) groups is 2. The third kappa shape index (κ3) is 2.65. The van der Waals surface area contributed by atoms with E-state index in [4.69, 9.17) is 11.6 Å². The number of nitrogens with one attached hydrogen (secondary N) is 1. The lowest BCUT2D eigenvalue weighted by molar-refractivity contribution is 0.0595. The fourth-order valence-corrected chi connectivity index (χ4v) is 3.36. The Morgan fingerprint density at radius 1 is 1.29 bits per heavy atom. The molecule has 124 valence electrons. The Hall–Kier alpha value is -2.40. The zero-order valence-electron chi connectivity index (χ0n) is 13.1. The second-order valence-electron chi connectivity index (χ2n) is 5.66. The minimum absolute atomic E-state index is 0.0889. The van der Waals surface area contributed by atoms with Crippen LogP contribution in [0.15, 0.2) is 36.4 Å². The number of anilines is 1. The smallest absolute Gasteiger partial charge is 0.338 e. The number of esters is 1. The highest BCUT2D eigenvalue weighted by Gasteiger charge is 2.38. The fraction of sp³-hybridized carbons (Fsp3) is 0.222. The molecule has 0 spiro atoms. The number of fused-ring (bicyclic) bond motifs is 1. The van der Waals surface area contributed by atoms with Crippen LogP contribution in [0, 0.1) is 5.82 Å². The summed E-state index contributed by atoms with van der Waals surface area (Å²) in [7, 11) is 1.19. The quantitative estimate of drug-likeness (QED) is 0.833. The second-order valence-corrected chi connectivity index (χ2v) is 6.07. The fourth-order valence-electron chi connectivity index (χ4n) is 3.11. The van der Waals surface area contributed by atoms with E-state index in [1.165, 1.54) is 13.2 Å². The SMILES string of the molecule is COC(=O)c1cc(F)cc2c1C(=O)C(c1ccccc1Cl)C(C)N2. The van der Waals surface area contributed by atoms with E-state index >= 15 is 0 Å². The molecule has 0 radical (unpaired) electrons. The van der Waals surface area contributed by atoms with Crippen molar-refractivity contribution in [3.05, 3.63) is 63.9 Å². The molecule has 0 fully saturated rings. The van der Waals surface area contributed by atoms with Gasteiger partial charge in [0.2, 0.25) is 0 Å². The van der Waals surface area contributed by atoms with E-state index < -0.39 is 17.7 Å². The Morgan fingerprint density at radius 3 is 2.67 bits per heavy atom. The summed E-state index contributed by atoms with van der Waals surface area (Å²) in [6.07, 6.45) is 0. The van der Waals surface area contributed by atoms with E-state index in [0.29, 0.717) is 10.6 Å². The second kappa shape index (κ2) is 6.24. The van der Waals surface area contributed by atoms with Gasteiger partial charge in [-0.25, -0.2) is 9.18 Å². The van der Waals surface area contributed by atoms with Gasteiger partial charge >= 0.3 is 5.97 Å². The lowest BCUT2D eigenvalue weighted by Gasteiger charge is -2.32. The Labute approximate surface area is 143 Å². The molecule has 0 saturated carbocycles. The van der Waals surface area contributed by atoms with E-state index in [9.17, 15) is 14.0 Å². The summed E-state index contributed by atoms with van der Waals surface area (Å²) in [5.41, 5.74) is 0.992. The summed E-state index contributed by atoms with van der Waals surface area (Å²) in [4.78, 5) is 25.1. The predicted octanol–water partition coefficient (Wildman–Crippen LogP) is 4.05. The lowest BCUT2D eigenvalue weighted by Crippen LogP contribution is -2.37. The zero-order chi connectivity index (χ0) is 17.4. The Bertz CT molecular complexity index is 837. The predicted molar refractivity (Wildman–Crippen MR) is 89.3 cm³/mol. The average molecular weight is 348 g/mol. The van der Waals surface area contributed by atoms with Crippen LogP contribution in [0.4, 0.5) is 10.1 Å². The largest absolute Gasteiger partial charge is 0.465 e. The molecule has 2 unspecified atom stereocenters. The summed E-state index contributed by atoms with van der Waals surface area (Å²) in [6.45, 7) is 1.82. The number of Topliss-reactive ketones (excluding diaryl/α,β-unsaturated/α-hetero) is 1. The number of benzene rings is 2. The summed E-state index contributed by atoms with van der Waals surface area (Å²) in [5, 5.41) is 3.57. The van der Waals surface area contributed by atoms with Crippen molar-refractivity contribution in [1.82, 2.24) is 0 Å². The van der Waals surface area contributed by atoms with Crippen LogP contribution < -0.4 is 5.32 Å². The van der Waals surface area contributed by atoms with Crippen LogP contribution >= 0.6 is 11.6 Å². The Kier molecular flexibility index (Phi) is 4.28. The van der Waals surface area contributed by atoms with Crippen molar-refractivity contribution < 1.29 is 18.7 Å². The van der Waals surface area contributed by atoms with E-state index in [0.717, 1.165) is 6.07 Å². The van der Waals surface area contributed by atoms with Gasteiger partial charge in [0.25, 0.3) is 0 Å². The lowest BCUT2D eigenvalue weighted by atomic mass is 9.80. The number of rotatable bonds is 2. The monoisotopic (exact) mass is 347 g/mol. The van der Waals surface area contributed by atoms with Crippen molar-refractivity contribution in [2.45, 2.75) is 18.9 Å². The van der Waals surface area contributed by atoms with E-state index in [-0.39, 0.29) is 28.6 Å². The molecule has 0 aliphatic carbocycles. The van der Waals surface area contributed by atoms with Crippen LogP contribution in [-0.4, -0.2) is 24.9 Å². The number of hydrogen-bond donors (Lipinski definition) is 1. The number of halogens is 2. The van der Waals surface area contributed by atoms with Crippen LogP contribution in [0.25, 0.3) is 0 Å². The van der Waals surface area contributed by atoms with Gasteiger partial charge in [0.15, 0.2) is 5.78 Å². The molecular weight excluding hydrogens is 333 g/mol. The summed E-state index contributed by atoms with van der Waals surface area (Å²) >= 11 is 6.24. The first-order valence-corrected chi connectivity index (χ1v) is 7.79. The van der Waals surface area contributed by atoms with Gasteiger partial charge in [0.1, 0.15) is 5.82 Å². The molecule has 1 aliphatic heterocycles. The van der Waals surface area contributed by atoms with Gasteiger partial charge in [-0.1, -0.05) is 29.8 Å². The molecule has 0 bridgehead atoms. The molecule has 0 saturated heterocycles. The van der Waals surface area contributed by atoms with Gasteiger partial charge in [-0.05, 0) is 30.7 Å². The molecule has 1 N–H and O–H groups in total. The van der Waals surface area contributed by atoms with Crippen molar-refractivity contribution >= 4 is 29.0 Å². The normalized spacial score (nSPS) is 19.4. The minimum atomic E-state index is -0.756. The van der Waals surface area contributed by atoms with Crippen LogP contribution in [0.1, 0.15) is 39.1 Å². The van der Waals surface area contributed by atoms with Crippen molar-refractivity contribution in [2.75, 3.05) is 12.4 Å². The number of methoxy groups -OCH3 is 1. The van der Waals surface area contributed by atoms with Gasteiger partial charge < -0.3 is 10.1 Å². The average Bonchev–Trinajstić information content (AvgIpc) is 2.54. The maximum atomic E-state index is 13.8. The number of ether oxygens (including phenoxy) is 1. The zero-order valence-corrected chi connectivity index (χ0v) is 13.9. The molecule has 24 heavy (non-hydrogen) atoms. The van der Waals surface area contributed by atoms with Crippen LogP contribution in [-0.2, 0) is 4.74 Å². The minimum Gasteiger partial charge on any atom is -0.465 e. The van der Waals surface area contributed by atoms with E-state index in [1.807, 2.05) is 6.92 Å². The number of hydrogen-bond acceptors (Lipinski definition) is 4. The Balaban J connectivity index is 2.18. The van der Waals surface area contributed by atoms with Gasteiger partial charge in [0, 0.05) is 16.8 Å². The maximum absolute atomic E-state index is 13.8. The third-order valence-corrected chi connectivity index (χ3v) is 4.50. The molecule has 0 aromatic heterocycles. The highest BCUT2D eigenvalue weighted by Crippen LogP contribution is 2.39. The first-order valence-electron chi connectivity index (χ1n) is 7.41. The highest BCUT2D eigenvalue weighted by molar-refractivity contribution is 6.32. The van der Waals surface area contributed by atoms with Crippen molar-refractivity contribution in [3.8, 4) is 0 Å².